The summed E-state index contributed by atoms with van der Waals surface area (Å²) in [7, 11) is 0. The van der Waals surface area contributed by atoms with Crippen LogP contribution in [0.4, 0.5) is 5.69 Å². The number of nitrogens with zero attached hydrogens (tertiary/aromatic N) is 1. The molecular formula is C12H5Cl5N2O. The number of amides is 1. The molecule has 1 amide bonds. The third-order valence-corrected chi connectivity index (χ3v) is 3.84. The molecule has 1 aromatic carbocycles. The molecule has 2 aromatic rings. The van der Waals surface area contributed by atoms with Crippen molar-refractivity contribution in [1.29, 1.82) is 0 Å². The van der Waals surface area contributed by atoms with Crippen molar-refractivity contribution in [3.63, 3.8) is 0 Å². The minimum Gasteiger partial charge on any atom is -0.319 e. The van der Waals surface area contributed by atoms with E-state index in [1.165, 1.54) is 24.3 Å². The molecule has 0 saturated heterocycles. The molecule has 0 bridgehead atoms. The van der Waals surface area contributed by atoms with Gasteiger partial charge in [0.1, 0.15) is 10.8 Å². The summed E-state index contributed by atoms with van der Waals surface area (Å²) in [5.41, 5.74) is 0.283. The largest absolute Gasteiger partial charge is 0.319 e. The van der Waals surface area contributed by atoms with E-state index in [4.69, 9.17) is 58.0 Å². The number of halogens is 5. The van der Waals surface area contributed by atoms with E-state index in [0.717, 1.165) is 0 Å². The van der Waals surface area contributed by atoms with Crippen molar-refractivity contribution < 1.29 is 4.79 Å². The van der Waals surface area contributed by atoms with Gasteiger partial charge >= 0.3 is 0 Å². The number of hydrogen-bond donors (Lipinski definition) is 1. The quantitative estimate of drug-likeness (QED) is 0.552. The highest BCUT2D eigenvalue weighted by molar-refractivity contribution is 6.44. The molecule has 0 unspecified atom stereocenters. The first-order valence-electron chi connectivity index (χ1n) is 5.16. The number of nitrogens with one attached hydrogen (secondary N) is 1. The van der Waals surface area contributed by atoms with E-state index in [0.29, 0.717) is 5.69 Å². The number of benzene rings is 1. The monoisotopic (exact) mass is 368 g/mol. The molecule has 3 nitrogen and oxygen atoms in total. The first kappa shape index (κ1) is 15.7. The number of aromatic nitrogens is 1. The molecule has 0 aliphatic rings. The van der Waals surface area contributed by atoms with Crippen LogP contribution in [0.15, 0.2) is 24.3 Å². The summed E-state index contributed by atoms with van der Waals surface area (Å²) < 4.78 is 0. The summed E-state index contributed by atoms with van der Waals surface area (Å²) in [5.74, 6) is -0.558. The topological polar surface area (TPSA) is 42.0 Å². The van der Waals surface area contributed by atoms with Crippen molar-refractivity contribution in [2.75, 3.05) is 5.32 Å². The van der Waals surface area contributed by atoms with Crippen LogP contribution >= 0.6 is 58.0 Å². The van der Waals surface area contributed by atoms with Crippen LogP contribution in [0.25, 0.3) is 0 Å². The van der Waals surface area contributed by atoms with Gasteiger partial charge in [0.15, 0.2) is 0 Å². The molecule has 0 radical (unpaired) electrons. The minimum absolute atomic E-state index is 0.0127. The van der Waals surface area contributed by atoms with Crippen molar-refractivity contribution >= 4 is 69.6 Å². The normalized spacial score (nSPS) is 10.4. The molecule has 0 aliphatic carbocycles. The van der Waals surface area contributed by atoms with Crippen LogP contribution in [-0.2, 0) is 0 Å². The lowest BCUT2D eigenvalue weighted by atomic mass is 10.3. The van der Waals surface area contributed by atoms with E-state index in [1.807, 2.05) is 0 Å². The van der Waals surface area contributed by atoms with Gasteiger partial charge in [-0.2, -0.15) is 0 Å². The third-order valence-electron chi connectivity index (χ3n) is 2.29. The third kappa shape index (κ3) is 3.48. The lowest BCUT2D eigenvalue weighted by Crippen LogP contribution is -2.14. The second-order valence-electron chi connectivity index (χ2n) is 3.66. The van der Waals surface area contributed by atoms with E-state index in [1.54, 1.807) is 0 Å². The number of hydrogen-bond acceptors (Lipinski definition) is 2. The summed E-state index contributed by atoms with van der Waals surface area (Å²) in [6, 6.07) is 5.81. The van der Waals surface area contributed by atoms with Crippen molar-refractivity contribution in [3.05, 3.63) is 55.2 Å². The van der Waals surface area contributed by atoms with Crippen LogP contribution in [-0.4, -0.2) is 10.9 Å². The van der Waals surface area contributed by atoms with Gasteiger partial charge in [-0.15, -0.1) is 0 Å². The Morgan fingerprint density at radius 1 is 0.900 bits per heavy atom. The smallest absolute Gasteiger partial charge is 0.275 e. The highest BCUT2D eigenvalue weighted by Gasteiger charge is 2.15. The van der Waals surface area contributed by atoms with Gasteiger partial charge in [0.2, 0.25) is 0 Å². The molecule has 1 aromatic heterocycles. The molecule has 0 atom stereocenters. The number of rotatable bonds is 2. The van der Waals surface area contributed by atoms with Gasteiger partial charge in [0.05, 0.1) is 25.8 Å². The zero-order valence-electron chi connectivity index (χ0n) is 9.55. The van der Waals surface area contributed by atoms with E-state index < -0.39 is 5.91 Å². The van der Waals surface area contributed by atoms with E-state index in [9.17, 15) is 4.79 Å². The fourth-order valence-corrected chi connectivity index (χ4v) is 2.31. The number of anilines is 1. The highest BCUT2D eigenvalue weighted by Crippen LogP contribution is 2.32. The van der Waals surface area contributed by atoms with Gasteiger partial charge in [-0.1, -0.05) is 58.0 Å². The van der Waals surface area contributed by atoms with Crippen LogP contribution in [0, 0.1) is 0 Å². The molecule has 1 heterocycles. The first-order chi connectivity index (χ1) is 9.38. The maximum Gasteiger partial charge on any atom is 0.275 e. The molecule has 8 heteroatoms. The van der Waals surface area contributed by atoms with E-state index in [2.05, 4.69) is 10.3 Å². The SMILES string of the molecule is O=C(Nc1cc(Cl)c(Cl)cc1Cl)c1nc(Cl)ccc1Cl. The second-order valence-corrected chi connectivity index (χ2v) is 5.68. The summed E-state index contributed by atoms with van der Waals surface area (Å²) in [4.78, 5) is 15.9. The van der Waals surface area contributed by atoms with Crippen LogP contribution in [0.2, 0.25) is 25.2 Å². The molecule has 2 rings (SSSR count). The zero-order chi connectivity index (χ0) is 14.9. The molecule has 0 saturated carbocycles. The van der Waals surface area contributed by atoms with Crippen LogP contribution in [0.3, 0.4) is 0 Å². The molecule has 104 valence electrons. The molecule has 20 heavy (non-hydrogen) atoms. The summed E-state index contributed by atoms with van der Waals surface area (Å²) in [5, 5.41) is 3.65. The summed E-state index contributed by atoms with van der Waals surface area (Å²) in [6.07, 6.45) is 0. The number of carbonyl (C=O) groups excluding carboxylic acids is 1. The Hall–Kier alpha value is -0.710. The second kappa shape index (κ2) is 6.37. The average molecular weight is 370 g/mol. The maximum atomic E-state index is 12.1. The predicted octanol–water partition coefficient (Wildman–Crippen LogP) is 5.60. The van der Waals surface area contributed by atoms with Crippen molar-refractivity contribution in [1.82, 2.24) is 4.98 Å². The van der Waals surface area contributed by atoms with Crippen LogP contribution in [0.5, 0.6) is 0 Å². The van der Waals surface area contributed by atoms with Crippen molar-refractivity contribution in [3.8, 4) is 0 Å². The van der Waals surface area contributed by atoms with E-state index >= 15 is 0 Å². The Morgan fingerprint density at radius 3 is 2.25 bits per heavy atom. The standard InChI is InChI=1S/C12H5Cl5N2O/c13-5-1-2-10(17)19-11(5)12(20)18-9-4-7(15)6(14)3-8(9)16/h1-4H,(H,18,20). The van der Waals surface area contributed by atoms with Gasteiger partial charge in [-0.3, -0.25) is 4.79 Å². The first-order valence-corrected chi connectivity index (χ1v) is 7.05. The van der Waals surface area contributed by atoms with Crippen LogP contribution in [0.1, 0.15) is 10.5 Å². The maximum absolute atomic E-state index is 12.1. The highest BCUT2D eigenvalue weighted by atomic mass is 35.5. The number of carbonyl (C=O) groups is 1. The molecule has 1 N–H and O–H groups in total. The molecular weight excluding hydrogens is 365 g/mol. The Kier molecular flexibility index (Phi) is 4.99. The molecule has 0 aliphatic heterocycles. The van der Waals surface area contributed by atoms with Crippen LogP contribution < -0.4 is 5.32 Å². The van der Waals surface area contributed by atoms with Gasteiger partial charge in [-0.05, 0) is 24.3 Å². The Morgan fingerprint density at radius 2 is 1.55 bits per heavy atom. The van der Waals surface area contributed by atoms with Gasteiger partial charge in [-0.25, -0.2) is 4.98 Å². The van der Waals surface area contributed by atoms with Crippen molar-refractivity contribution in [2.24, 2.45) is 0 Å². The Balaban J connectivity index is 2.32. The zero-order valence-corrected chi connectivity index (χ0v) is 13.3. The summed E-state index contributed by atoms with van der Waals surface area (Å²) >= 11 is 29.3. The van der Waals surface area contributed by atoms with E-state index in [-0.39, 0.29) is 30.9 Å². The Labute approximate surface area is 139 Å². The molecule has 0 spiro atoms. The van der Waals surface area contributed by atoms with Gasteiger partial charge < -0.3 is 5.32 Å². The summed E-state index contributed by atoms with van der Waals surface area (Å²) in [6.45, 7) is 0. The average Bonchev–Trinajstić information content (AvgIpc) is 2.38. The minimum atomic E-state index is -0.558. The fraction of sp³-hybridized carbons (Fsp3) is 0. The fourth-order valence-electron chi connectivity index (χ4n) is 1.38. The Bertz CT molecular complexity index is 690. The molecule has 0 fully saturated rings. The lowest BCUT2D eigenvalue weighted by molar-refractivity contribution is 0.102. The predicted molar refractivity (Wildman–Crippen MR) is 83.7 cm³/mol. The van der Waals surface area contributed by atoms with Gasteiger partial charge in [0.25, 0.3) is 5.91 Å². The lowest BCUT2D eigenvalue weighted by Gasteiger charge is -2.09. The van der Waals surface area contributed by atoms with Crippen molar-refractivity contribution in [2.45, 2.75) is 0 Å². The van der Waals surface area contributed by atoms with Gasteiger partial charge in [0, 0.05) is 0 Å². The number of pyridine rings is 1.